The van der Waals surface area contributed by atoms with Crippen LogP contribution in [0.4, 0.5) is 5.82 Å². The van der Waals surface area contributed by atoms with Crippen molar-refractivity contribution in [1.29, 1.82) is 0 Å². The molecule has 3 atom stereocenters. The molecule has 3 aromatic rings. The van der Waals surface area contributed by atoms with Crippen molar-refractivity contribution in [3.8, 4) is 0 Å². The summed E-state index contributed by atoms with van der Waals surface area (Å²) in [7, 11) is 0. The van der Waals surface area contributed by atoms with Gasteiger partial charge in [-0.15, -0.1) is 0 Å². The smallest absolute Gasteiger partial charge is 0.145 e. The Balaban J connectivity index is 1.44. The molecule has 0 amide bonds. The highest BCUT2D eigenvalue weighted by Crippen LogP contribution is 2.50. The van der Waals surface area contributed by atoms with Crippen LogP contribution < -0.4 is 5.73 Å². The fraction of sp³-hybridized carbons (Fsp3) is 0.476. The molecule has 1 aliphatic rings. The first-order valence-electron chi connectivity index (χ1n) is 9.71. The summed E-state index contributed by atoms with van der Waals surface area (Å²) < 4.78 is 1.86. The number of fused-ring (bicyclic) bond motifs is 1. The molecule has 7 heteroatoms. The zero-order valence-electron chi connectivity index (χ0n) is 16.2. The molecular weight excluding hydrogens is 354 g/mol. The normalized spacial score (nSPS) is 25.2. The Morgan fingerprint density at radius 2 is 2.07 bits per heavy atom. The number of aliphatic hydroxyl groups excluding tert-OH is 2. The van der Waals surface area contributed by atoms with E-state index >= 15 is 0 Å². The summed E-state index contributed by atoms with van der Waals surface area (Å²) in [4.78, 5) is 12.5. The average Bonchev–Trinajstić information content (AvgIpc) is 3.11. The van der Waals surface area contributed by atoms with Gasteiger partial charge in [-0.1, -0.05) is 13.0 Å². The van der Waals surface area contributed by atoms with Crippen molar-refractivity contribution in [1.82, 2.24) is 19.5 Å². The van der Waals surface area contributed by atoms with Gasteiger partial charge in [-0.2, -0.15) is 0 Å². The van der Waals surface area contributed by atoms with Gasteiger partial charge in [0.2, 0.25) is 0 Å². The number of aliphatic hydroxyl groups is 2. The minimum absolute atomic E-state index is 0.294. The number of rotatable bonds is 6. The first-order valence-corrected chi connectivity index (χ1v) is 9.71. The number of nitrogens with zero attached hydrogens (tertiary/aromatic N) is 4. The quantitative estimate of drug-likeness (QED) is 0.605. The predicted octanol–water partition coefficient (Wildman–Crippen LogP) is 2.35. The fourth-order valence-corrected chi connectivity index (χ4v) is 4.66. The summed E-state index contributed by atoms with van der Waals surface area (Å²) in [5.74, 6) is 0.918. The lowest BCUT2D eigenvalue weighted by Crippen LogP contribution is -2.51. The van der Waals surface area contributed by atoms with Crippen LogP contribution in [0.3, 0.4) is 0 Å². The minimum atomic E-state index is -0.906. The van der Waals surface area contributed by atoms with Gasteiger partial charge in [0, 0.05) is 18.6 Å². The van der Waals surface area contributed by atoms with Gasteiger partial charge < -0.3 is 20.5 Å². The number of pyridine rings is 1. The lowest BCUT2D eigenvalue weighted by atomic mass is 9.57. The predicted molar refractivity (Wildman–Crippen MR) is 107 cm³/mol. The van der Waals surface area contributed by atoms with Crippen molar-refractivity contribution in [2.24, 2.45) is 11.3 Å². The monoisotopic (exact) mass is 381 g/mol. The molecule has 4 rings (SSSR count). The number of aromatic nitrogens is 4. The molecule has 0 saturated heterocycles. The molecule has 0 aromatic carbocycles. The molecule has 0 bridgehead atoms. The van der Waals surface area contributed by atoms with E-state index in [0.29, 0.717) is 17.4 Å². The number of nitrogen functional groups attached to an aromatic ring is 1. The van der Waals surface area contributed by atoms with Crippen molar-refractivity contribution in [2.45, 2.75) is 51.4 Å². The molecule has 0 unspecified atom stereocenters. The van der Waals surface area contributed by atoms with E-state index in [1.807, 2.05) is 36.0 Å². The van der Waals surface area contributed by atoms with Gasteiger partial charge in [-0.25, -0.2) is 9.97 Å². The van der Waals surface area contributed by atoms with E-state index in [0.717, 1.165) is 24.6 Å². The molecule has 1 fully saturated rings. The highest BCUT2D eigenvalue weighted by atomic mass is 16.3. The molecule has 3 heterocycles. The lowest BCUT2D eigenvalue weighted by Gasteiger charge is -2.50. The van der Waals surface area contributed by atoms with Crippen LogP contribution in [0.15, 0.2) is 43.1 Å². The van der Waals surface area contributed by atoms with Crippen molar-refractivity contribution >= 4 is 16.9 Å². The second-order valence-electron chi connectivity index (χ2n) is 8.39. The first-order chi connectivity index (χ1) is 13.4. The SMILES string of the molecule is C[C@H]([C@H](O)[C@H](O)C1(C)CC(Cc2cccnc2)C1)n1ccc2c(N)ncnc21. The van der Waals surface area contributed by atoms with Crippen LogP contribution in [0, 0.1) is 11.3 Å². The fourth-order valence-electron chi connectivity index (χ4n) is 4.66. The van der Waals surface area contributed by atoms with Crippen LogP contribution >= 0.6 is 0 Å². The maximum absolute atomic E-state index is 10.9. The number of anilines is 1. The van der Waals surface area contributed by atoms with E-state index in [2.05, 4.69) is 27.9 Å². The van der Waals surface area contributed by atoms with Crippen LogP contribution in [0.5, 0.6) is 0 Å². The molecule has 0 radical (unpaired) electrons. The van der Waals surface area contributed by atoms with Gasteiger partial charge in [0.05, 0.1) is 17.5 Å². The molecule has 4 N–H and O–H groups in total. The summed E-state index contributed by atoms with van der Waals surface area (Å²) in [6.07, 6.45) is 7.93. The Morgan fingerprint density at radius 3 is 2.79 bits per heavy atom. The van der Waals surface area contributed by atoms with E-state index in [9.17, 15) is 10.2 Å². The lowest BCUT2D eigenvalue weighted by molar-refractivity contribution is -0.125. The van der Waals surface area contributed by atoms with E-state index in [-0.39, 0.29) is 11.5 Å². The van der Waals surface area contributed by atoms with E-state index < -0.39 is 12.2 Å². The molecular formula is C21H27N5O2. The molecule has 28 heavy (non-hydrogen) atoms. The highest BCUT2D eigenvalue weighted by Gasteiger charge is 2.48. The summed E-state index contributed by atoms with van der Waals surface area (Å²) in [5.41, 5.74) is 7.49. The van der Waals surface area contributed by atoms with E-state index in [4.69, 9.17) is 5.73 Å². The van der Waals surface area contributed by atoms with Gasteiger partial charge in [-0.3, -0.25) is 4.98 Å². The van der Waals surface area contributed by atoms with Crippen molar-refractivity contribution in [2.75, 3.05) is 5.73 Å². The van der Waals surface area contributed by atoms with Crippen LogP contribution in [-0.2, 0) is 6.42 Å². The van der Waals surface area contributed by atoms with Crippen LogP contribution in [0.25, 0.3) is 11.0 Å². The Morgan fingerprint density at radius 1 is 1.29 bits per heavy atom. The maximum atomic E-state index is 10.9. The molecule has 0 spiro atoms. The standard InChI is InChI=1S/C21H27N5O2/c1-13(26-7-5-16-19(22)24-12-25-20(16)26)17(27)18(28)21(2)9-15(10-21)8-14-4-3-6-23-11-14/h3-7,11-13,15,17-18,27-28H,8-10H2,1-2H3,(H2,22,24,25)/t13-,15?,17+,18+,21?/m1/s1. The second-order valence-corrected chi connectivity index (χ2v) is 8.39. The largest absolute Gasteiger partial charge is 0.390 e. The molecule has 1 saturated carbocycles. The second kappa shape index (κ2) is 7.14. The Labute approximate surface area is 164 Å². The Kier molecular flexibility index (Phi) is 4.81. The van der Waals surface area contributed by atoms with Crippen molar-refractivity contribution in [3.63, 3.8) is 0 Å². The van der Waals surface area contributed by atoms with Gasteiger partial charge in [0.25, 0.3) is 0 Å². The number of hydrogen-bond acceptors (Lipinski definition) is 6. The third kappa shape index (κ3) is 3.25. The zero-order valence-corrected chi connectivity index (χ0v) is 16.2. The Hall–Kier alpha value is -2.51. The summed E-state index contributed by atoms with van der Waals surface area (Å²) in [6.45, 7) is 3.95. The van der Waals surface area contributed by atoms with Crippen LogP contribution in [0.1, 0.15) is 38.3 Å². The van der Waals surface area contributed by atoms with Gasteiger partial charge in [-0.05, 0) is 55.2 Å². The molecule has 0 aliphatic heterocycles. The molecule has 7 nitrogen and oxygen atoms in total. The molecule has 1 aliphatic carbocycles. The van der Waals surface area contributed by atoms with Gasteiger partial charge >= 0.3 is 0 Å². The topological polar surface area (TPSA) is 110 Å². The number of hydrogen-bond donors (Lipinski definition) is 3. The summed E-state index contributed by atoms with van der Waals surface area (Å²) in [5, 5.41) is 22.6. The van der Waals surface area contributed by atoms with Crippen molar-refractivity contribution in [3.05, 3.63) is 48.7 Å². The molecule has 148 valence electrons. The van der Waals surface area contributed by atoms with E-state index in [1.165, 1.54) is 11.9 Å². The zero-order chi connectivity index (χ0) is 19.9. The van der Waals surface area contributed by atoms with Gasteiger partial charge in [0.1, 0.15) is 23.9 Å². The van der Waals surface area contributed by atoms with Crippen molar-refractivity contribution < 1.29 is 10.2 Å². The minimum Gasteiger partial charge on any atom is -0.390 e. The van der Waals surface area contributed by atoms with Gasteiger partial charge in [0.15, 0.2) is 0 Å². The number of nitrogens with two attached hydrogens (primary N) is 1. The summed E-state index contributed by atoms with van der Waals surface area (Å²) >= 11 is 0. The third-order valence-electron chi connectivity index (χ3n) is 6.27. The Bertz CT molecular complexity index is 952. The van der Waals surface area contributed by atoms with Crippen LogP contribution in [-0.4, -0.2) is 41.9 Å². The molecule has 3 aromatic heterocycles. The third-order valence-corrected chi connectivity index (χ3v) is 6.27. The van der Waals surface area contributed by atoms with E-state index in [1.54, 1.807) is 6.20 Å². The summed E-state index contributed by atoms with van der Waals surface area (Å²) in [6, 6.07) is 5.54. The average molecular weight is 381 g/mol. The van der Waals surface area contributed by atoms with Crippen LogP contribution in [0.2, 0.25) is 0 Å². The highest BCUT2D eigenvalue weighted by molar-refractivity contribution is 5.86. The maximum Gasteiger partial charge on any atom is 0.145 e. The first kappa shape index (κ1) is 18.8.